The highest BCUT2D eigenvalue weighted by Crippen LogP contribution is 2.40. The van der Waals surface area contributed by atoms with Gasteiger partial charge in [0, 0.05) is 34.5 Å². The van der Waals surface area contributed by atoms with Crippen molar-refractivity contribution in [1.29, 1.82) is 0 Å². The van der Waals surface area contributed by atoms with Gasteiger partial charge in [0.1, 0.15) is 86.5 Å². The molecule has 3 fully saturated rings. The first-order valence-corrected chi connectivity index (χ1v) is 26.0. The Morgan fingerprint density at radius 3 is 1.13 bits per heavy atom. The van der Waals surface area contributed by atoms with Gasteiger partial charge in [-0.1, -0.05) is 12.2 Å². The van der Waals surface area contributed by atoms with Crippen LogP contribution in [0.15, 0.2) is 70.5 Å². The molecular formula is C52H70O32. The Hall–Kier alpha value is -6.02. The second-order valence-corrected chi connectivity index (χ2v) is 19.4. The number of ether oxygens (including phenoxy) is 15. The molecule has 6 aliphatic rings. The molecule has 3 saturated heterocycles. The Balaban J connectivity index is 1.15. The molecule has 6 heterocycles. The monoisotopic (exact) mass is 1210 g/mol. The lowest BCUT2D eigenvalue weighted by atomic mass is 9.86. The van der Waals surface area contributed by atoms with Crippen LogP contribution in [0.4, 0.5) is 0 Å². The molecule has 6 aliphatic heterocycles. The smallest absolute Gasteiger partial charge is 0.337 e. The van der Waals surface area contributed by atoms with Crippen LogP contribution in [0, 0.1) is 17.8 Å². The van der Waals surface area contributed by atoms with E-state index < -0.39 is 210 Å². The zero-order chi connectivity index (χ0) is 61.9. The van der Waals surface area contributed by atoms with Gasteiger partial charge in [-0.25, -0.2) is 14.4 Å². The van der Waals surface area contributed by atoms with Crippen molar-refractivity contribution >= 4 is 35.8 Å². The highest BCUT2D eigenvalue weighted by Gasteiger charge is 2.51. The molecule has 0 spiro atoms. The van der Waals surface area contributed by atoms with E-state index in [1.54, 1.807) is 0 Å². The van der Waals surface area contributed by atoms with Crippen LogP contribution in [-0.2, 0) is 99.8 Å². The summed E-state index contributed by atoms with van der Waals surface area (Å²) in [6.45, 7) is -0.137. The minimum absolute atomic E-state index is 0.0202. The minimum Gasteiger partial charge on any atom is -0.469 e. The van der Waals surface area contributed by atoms with Crippen molar-refractivity contribution in [3.63, 3.8) is 0 Å². The lowest BCUT2D eigenvalue weighted by Crippen LogP contribution is -2.60. The lowest BCUT2D eigenvalue weighted by Gasteiger charge is -2.42. The second kappa shape index (κ2) is 30.4. The maximum Gasteiger partial charge on any atom is 0.337 e. The molecule has 0 aromatic rings. The molecule has 0 unspecified atom stereocenters. The fourth-order valence-electron chi connectivity index (χ4n) is 9.77. The van der Waals surface area contributed by atoms with Crippen LogP contribution in [0.25, 0.3) is 0 Å². The van der Waals surface area contributed by atoms with Gasteiger partial charge in [-0.15, -0.1) is 0 Å². The van der Waals surface area contributed by atoms with E-state index in [1.807, 2.05) is 0 Å². The predicted molar refractivity (Wildman–Crippen MR) is 266 cm³/mol. The van der Waals surface area contributed by atoms with E-state index >= 15 is 0 Å². The molecule has 0 bridgehead atoms. The maximum absolute atomic E-state index is 13.8. The van der Waals surface area contributed by atoms with E-state index in [-0.39, 0.29) is 33.4 Å². The molecule has 32 nitrogen and oxygen atoms in total. The molecule has 0 amide bonds. The highest BCUT2D eigenvalue weighted by molar-refractivity contribution is 5.92. The second-order valence-electron chi connectivity index (χ2n) is 19.4. The molecule has 21 atom stereocenters. The molecule has 6 rings (SSSR count). The molecule has 0 aromatic heterocycles. The van der Waals surface area contributed by atoms with E-state index in [2.05, 4.69) is 0 Å². The normalized spacial score (nSPS) is 37.5. The number of allylic oxidation sites excluding steroid dienone is 2. The number of carbonyl (C=O) groups is 6. The Morgan fingerprint density at radius 2 is 0.774 bits per heavy atom. The molecule has 0 saturated carbocycles. The molecule has 470 valence electrons. The molecule has 84 heavy (non-hydrogen) atoms. The molecule has 11 N–H and O–H groups in total. The number of hydrogen-bond acceptors (Lipinski definition) is 32. The summed E-state index contributed by atoms with van der Waals surface area (Å²) in [6, 6.07) is 0. The summed E-state index contributed by atoms with van der Waals surface area (Å²) in [5, 5.41) is 115. The quantitative estimate of drug-likeness (QED) is 0.0291. The van der Waals surface area contributed by atoms with Gasteiger partial charge < -0.3 is 127 Å². The Morgan fingerprint density at radius 1 is 0.440 bits per heavy atom. The zero-order valence-electron chi connectivity index (χ0n) is 46.0. The highest BCUT2D eigenvalue weighted by atomic mass is 16.8. The van der Waals surface area contributed by atoms with Crippen LogP contribution in [-0.4, -0.2) is 258 Å². The zero-order valence-corrected chi connectivity index (χ0v) is 46.0. The van der Waals surface area contributed by atoms with Gasteiger partial charge in [-0.3, -0.25) is 14.4 Å². The topological polar surface area (TPSA) is 463 Å². The number of carbonyl (C=O) groups excluding carboxylic acids is 6. The third-order valence-corrected chi connectivity index (χ3v) is 14.5. The number of hydrogen-bond donors (Lipinski definition) is 11. The van der Waals surface area contributed by atoms with Crippen molar-refractivity contribution in [2.24, 2.45) is 17.8 Å². The van der Waals surface area contributed by atoms with Crippen molar-refractivity contribution in [3.05, 3.63) is 70.5 Å². The first-order valence-electron chi connectivity index (χ1n) is 26.0. The number of aliphatic hydroxyl groups is 11. The average Bonchev–Trinajstić information content (AvgIpc) is 2.54. The largest absolute Gasteiger partial charge is 0.469 e. The van der Waals surface area contributed by atoms with E-state index in [0.717, 1.165) is 47.2 Å². The third kappa shape index (κ3) is 15.1. The van der Waals surface area contributed by atoms with Gasteiger partial charge >= 0.3 is 35.8 Å². The number of aliphatic hydroxyl groups excluding tert-OH is 11. The molecule has 0 radical (unpaired) electrons. The predicted octanol–water partition coefficient (Wildman–Crippen LogP) is -5.22. The van der Waals surface area contributed by atoms with Gasteiger partial charge in [0.25, 0.3) is 0 Å². The summed E-state index contributed by atoms with van der Waals surface area (Å²) >= 11 is 0. The number of rotatable bonds is 21. The first kappa shape index (κ1) is 67.1. The number of methoxy groups -OCH3 is 4. The van der Waals surface area contributed by atoms with Crippen molar-refractivity contribution in [3.8, 4) is 0 Å². The lowest BCUT2D eigenvalue weighted by molar-refractivity contribution is -0.328. The van der Waals surface area contributed by atoms with Crippen LogP contribution in [0.3, 0.4) is 0 Å². The van der Waals surface area contributed by atoms with Crippen molar-refractivity contribution in [1.82, 2.24) is 0 Å². The third-order valence-electron chi connectivity index (χ3n) is 14.5. The summed E-state index contributed by atoms with van der Waals surface area (Å²) in [6.07, 6.45) is -26.8. The Bertz CT molecular complexity index is 2520. The summed E-state index contributed by atoms with van der Waals surface area (Å²) in [5.41, 5.74) is -0.690. The first-order chi connectivity index (χ1) is 40.0. The fourth-order valence-corrected chi connectivity index (χ4v) is 9.77. The van der Waals surface area contributed by atoms with E-state index in [9.17, 15) is 84.9 Å². The van der Waals surface area contributed by atoms with E-state index in [1.165, 1.54) is 32.1 Å². The van der Waals surface area contributed by atoms with Crippen LogP contribution >= 0.6 is 0 Å². The van der Waals surface area contributed by atoms with Gasteiger partial charge in [0.05, 0.1) is 96.4 Å². The van der Waals surface area contributed by atoms with Gasteiger partial charge in [0.15, 0.2) is 18.9 Å². The summed E-state index contributed by atoms with van der Waals surface area (Å²) in [5.74, 6) is -9.58. The van der Waals surface area contributed by atoms with Crippen LogP contribution in [0.1, 0.15) is 33.1 Å². The average molecular weight is 1210 g/mol. The van der Waals surface area contributed by atoms with Crippen LogP contribution < -0.4 is 0 Å². The van der Waals surface area contributed by atoms with E-state index in [4.69, 9.17) is 71.1 Å². The molecule has 0 aliphatic carbocycles. The van der Waals surface area contributed by atoms with Crippen LogP contribution in [0.5, 0.6) is 0 Å². The van der Waals surface area contributed by atoms with Gasteiger partial charge in [0.2, 0.25) is 18.9 Å². The molecular weight excluding hydrogens is 1140 g/mol. The summed E-state index contributed by atoms with van der Waals surface area (Å²) in [4.78, 5) is 79.1. The van der Waals surface area contributed by atoms with Crippen LogP contribution in [0.2, 0.25) is 0 Å². The minimum atomic E-state index is -2.03. The Kier molecular flexibility index (Phi) is 24.3. The molecule has 0 aromatic carbocycles. The summed E-state index contributed by atoms with van der Waals surface area (Å²) in [7, 11) is 4.22. The Labute approximate surface area is 478 Å². The van der Waals surface area contributed by atoms with E-state index in [0.29, 0.717) is 0 Å². The van der Waals surface area contributed by atoms with Crippen molar-refractivity contribution in [2.75, 3.05) is 54.9 Å². The maximum atomic E-state index is 13.8. The van der Waals surface area contributed by atoms with Gasteiger partial charge in [-0.05, 0) is 19.9 Å². The van der Waals surface area contributed by atoms with Gasteiger partial charge in [-0.2, -0.15) is 0 Å². The SMILES string of the molecule is C/C=C1/[C@H](O[C@@H]2O[C@H](CO)[C@@H](O)[C@H](O)[C@H]2O)OC=C(C(=O)OC)[C@H]1CC(=O)OC[C@H]1O[C@@H](O[C@@H]2OC=C(C(=O)OC)[C@@H](CC(=O)OC/C=C3/[C@H](O[C@@H]4O[C@H](CO)[C@@H](O)[C@H](O)[C@H]4O)OC=C(C(=O)OC)[C@H]3CC(=O)OC)/C2=C\C)[C@H](O)[C@@H](O)[C@@H]1O. The summed E-state index contributed by atoms with van der Waals surface area (Å²) < 4.78 is 81.8. The van der Waals surface area contributed by atoms with Crippen molar-refractivity contribution in [2.45, 2.75) is 144 Å². The standard InChI is InChI=1S/C52H70O32/c1-7-20-23(12-33(56)74-10-9-22-25(11-32(55)70-3)28(46(69)73-6)18-78-49(22)84-51-42(65)39(62)36(59)30(15-54)80-51)26(44(67)71-4)16-77-48(20)83-52-43(66)40(63)37(60)31(81-52)19-75-34(57)13-24-21(8-2)47(76-17-27(24)45(68)72-5)82-50-41(64)38(61)35(58)29(14-53)79-50/h7-9,16-18,23-25,29-31,35-43,47-54,58-66H,10-15,19H2,1-6H3/b20-7+,21-8+,22-9+/t23-,24-,25-,29+,30+,31+,35+,36+,37+,38-,39-,40-,41+,42+,43+,47-,48-,49-,50-,51-,52-/m0/s1. The fraction of sp³-hybridized carbons (Fsp3) is 0.654. The van der Waals surface area contributed by atoms with Crippen molar-refractivity contribution < 1.29 is 156 Å². The number of esters is 6. The molecule has 32 heteroatoms.